The van der Waals surface area contributed by atoms with Crippen LogP contribution in [-0.4, -0.2) is 44.2 Å². The maximum Gasteiger partial charge on any atom is 0.255 e. The number of nitrogens with one attached hydrogen (secondary N) is 3. The zero-order valence-electron chi connectivity index (χ0n) is 19.7. The minimum Gasteiger partial charge on any atom is -0.382 e. The number of fused-ring (bicyclic) bond motifs is 1. The maximum absolute atomic E-state index is 13.9. The lowest BCUT2D eigenvalue weighted by atomic mass is 10.1. The summed E-state index contributed by atoms with van der Waals surface area (Å²) in [6.45, 7) is 11.6. The van der Waals surface area contributed by atoms with E-state index in [0.29, 0.717) is 28.5 Å². The van der Waals surface area contributed by atoms with Gasteiger partial charge in [0.25, 0.3) is 5.91 Å². The summed E-state index contributed by atoms with van der Waals surface area (Å²) in [6.07, 6.45) is 4.74. The van der Waals surface area contributed by atoms with Gasteiger partial charge in [0.2, 0.25) is 0 Å². The molecule has 0 saturated heterocycles. The van der Waals surface area contributed by atoms with Gasteiger partial charge >= 0.3 is 0 Å². The smallest absolute Gasteiger partial charge is 0.255 e. The Morgan fingerprint density at radius 2 is 1.94 bits per heavy atom. The van der Waals surface area contributed by atoms with Crippen molar-refractivity contribution in [3.8, 4) is 0 Å². The number of amides is 1. The van der Waals surface area contributed by atoms with Crippen molar-refractivity contribution in [1.82, 2.24) is 24.9 Å². The number of carbonyl (C=O) groups is 1. The highest BCUT2D eigenvalue weighted by molar-refractivity contribution is 5.99. The monoisotopic (exact) mass is 443 g/mol. The summed E-state index contributed by atoms with van der Waals surface area (Å²) < 4.78 is 15.6. The Morgan fingerprint density at radius 3 is 2.62 bits per heavy atom. The molecular weight excluding hydrogens is 409 g/mol. The van der Waals surface area contributed by atoms with Crippen molar-refractivity contribution in [3.63, 3.8) is 0 Å². The van der Waals surface area contributed by atoms with Gasteiger partial charge in [-0.25, -0.2) is 18.9 Å². The van der Waals surface area contributed by atoms with Gasteiger partial charge in [-0.15, -0.1) is 0 Å². The Bertz CT molecular complexity index is 1000. The van der Waals surface area contributed by atoms with E-state index < -0.39 is 6.17 Å². The number of halogens is 1. The Kier molecular flexibility index (Phi) is 9.37. The first-order valence-corrected chi connectivity index (χ1v) is 11.1. The lowest BCUT2D eigenvalue weighted by molar-refractivity contribution is 0.0935. The third-order valence-electron chi connectivity index (χ3n) is 4.86. The average molecular weight is 444 g/mol. The summed E-state index contributed by atoms with van der Waals surface area (Å²) in [7, 11) is 0. The second-order valence-electron chi connectivity index (χ2n) is 7.61. The summed E-state index contributed by atoms with van der Waals surface area (Å²) in [5.74, 6) is 0.633. The lowest BCUT2D eigenvalue weighted by Gasteiger charge is -2.18. The number of carbonyl (C=O) groups excluding carboxylic acids is 1. The number of hydrogen-bond donors (Lipinski definition) is 3. The highest BCUT2D eigenvalue weighted by atomic mass is 19.1. The molecule has 3 rings (SSSR count). The van der Waals surface area contributed by atoms with Crippen LogP contribution in [0, 0.1) is 5.92 Å². The predicted molar refractivity (Wildman–Crippen MR) is 127 cm³/mol. The highest BCUT2D eigenvalue weighted by Gasteiger charge is 2.18. The number of anilines is 3. The molecule has 0 aliphatic carbocycles. The number of hydrogen-bond acceptors (Lipinski definition) is 6. The van der Waals surface area contributed by atoms with Crippen LogP contribution in [0.3, 0.4) is 0 Å². The summed E-state index contributed by atoms with van der Waals surface area (Å²) in [6, 6.07) is 5.51. The van der Waals surface area contributed by atoms with Crippen molar-refractivity contribution < 1.29 is 9.18 Å². The van der Waals surface area contributed by atoms with Crippen LogP contribution in [0.25, 0.3) is 5.65 Å². The summed E-state index contributed by atoms with van der Waals surface area (Å²) >= 11 is 0. The van der Waals surface area contributed by atoms with Gasteiger partial charge in [-0.05, 0) is 25.3 Å². The molecule has 0 fully saturated rings. The van der Waals surface area contributed by atoms with Gasteiger partial charge in [-0.2, -0.15) is 5.10 Å². The minimum atomic E-state index is -1.10. The van der Waals surface area contributed by atoms with Crippen LogP contribution in [0.4, 0.5) is 21.7 Å². The van der Waals surface area contributed by atoms with E-state index >= 15 is 0 Å². The van der Waals surface area contributed by atoms with Crippen molar-refractivity contribution in [3.05, 3.63) is 42.4 Å². The molecule has 3 N–H and O–H groups in total. The van der Waals surface area contributed by atoms with Crippen molar-refractivity contribution in [2.45, 2.75) is 60.2 Å². The number of aromatic nitrogens is 4. The summed E-state index contributed by atoms with van der Waals surface area (Å²) in [4.78, 5) is 21.5. The Hall–Kier alpha value is -3.23. The maximum atomic E-state index is 13.9. The first kappa shape index (κ1) is 25.0. The Morgan fingerprint density at radius 1 is 1.19 bits per heavy atom. The number of pyridine rings is 1. The summed E-state index contributed by atoms with van der Waals surface area (Å²) in [5, 5.41) is 13.3. The molecule has 32 heavy (non-hydrogen) atoms. The molecule has 0 spiro atoms. The number of alkyl halides is 1. The van der Waals surface area contributed by atoms with Gasteiger partial charge in [-0.1, -0.05) is 34.6 Å². The van der Waals surface area contributed by atoms with Crippen LogP contribution < -0.4 is 16.0 Å². The fourth-order valence-corrected chi connectivity index (χ4v) is 2.73. The first-order chi connectivity index (χ1) is 15.4. The Balaban J connectivity index is 0.00000176. The number of rotatable bonds is 9. The molecule has 0 saturated carbocycles. The van der Waals surface area contributed by atoms with Gasteiger partial charge < -0.3 is 16.0 Å². The molecule has 0 radical (unpaired) electrons. The van der Waals surface area contributed by atoms with Gasteiger partial charge in [-0.3, -0.25) is 4.79 Å². The molecule has 0 aliphatic heterocycles. The summed E-state index contributed by atoms with van der Waals surface area (Å²) in [5.41, 5.74) is 1.71. The molecule has 3 aromatic heterocycles. The molecule has 3 aromatic rings. The SMILES string of the molecule is CC.CCC(C)Nc1cc(Nc2ccn3nccc3n2)ncc1C(=O)NCC(F)C(C)C. The molecule has 0 bridgehead atoms. The second-order valence-corrected chi connectivity index (χ2v) is 7.61. The van der Waals surface area contributed by atoms with Gasteiger partial charge in [0.15, 0.2) is 5.65 Å². The average Bonchev–Trinajstić information content (AvgIpc) is 3.26. The molecule has 0 aromatic carbocycles. The lowest BCUT2D eigenvalue weighted by Crippen LogP contribution is -2.33. The van der Waals surface area contributed by atoms with E-state index in [1.807, 2.05) is 20.8 Å². The fourth-order valence-electron chi connectivity index (χ4n) is 2.73. The largest absolute Gasteiger partial charge is 0.382 e. The van der Waals surface area contributed by atoms with E-state index in [-0.39, 0.29) is 24.4 Å². The Labute approximate surface area is 189 Å². The molecule has 2 atom stereocenters. The molecule has 9 heteroatoms. The van der Waals surface area contributed by atoms with E-state index in [1.54, 1.807) is 49.0 Å². The molecule has 8 nitrogen and oxygen atoms in total. The fraction of sp³-hybridized carbons (Fsp3) is 0.478. The van der Waals surface area contributed by atoms with Crippen LogP contribution in [-0.2, 0) is 0 Å². The molecule has 2 unspecified atom stereocenters. The van der Waals surface area contributed by atoms with Crippen LogP contribution in [0.15, 0.2) is 36.8 Å². The second kappa shape index (κ2) is 12.0. The molecule has 174 valence electrons. The van der Waals surface area contributed by atoms with Crippen molar-refractivity contribution in [2.75, 3.05) is 17.2 Å². The normalized spacial score (nSPS) is 12.6. The van der Waals surface area contributed by atoms with E-state index in [0.717, 1.165) is 6.42 Å². The quantitative estimate of drug-likeness (QED) is 0.438. The van der Waals surface area contributed by atoms with Gasteiger partial charge in [0.05, 0.1) is 17.4 Å². The molecule has 1 amide bonds. The van der Waals surface area contributed by atoms with Crippen LogP contribution in [0.5, 0.6) is 0 Å². The van der Waals surface area contributed by atoms with E-state index in [2.05, 4.69) is 37.9 Å². The van der Waals surface area contributed by atoms with Crippen molar-refractivity contribution in [1.29, 1.82) is 0 Å². The first-order valence-electron chi connectivity index (χ1n) is 11.1. The third kappa shape index (κ3) is 6.63. The molecular formula is C23H34FN7O. The zero-order chi connectivity index (χ0) is 23.7. The van der Waals surface area contributed by atoms with Crippen LogP contribution >= 0.6 is 0 Å². The van der Waals surface area contributed by atoms with E-state index in [4.69, 9.17) is 0 Å². The van der Waals surface area contributed by atoms with Gasteiger partial charge in [0.1, 0.15) is 17.8 Å². The number of nitrogens with zero attached hydrogens (tertiary/aromatic N) is 4. The van der Waals surface area contributed by atoms with Gasteiger partial charge in [0, 0.05) is 37.1 Å². The molecule has 3 heterocycles. The van der Waals surface area contributed by atoms with Crippen molar-refractivity contribution >= 4 is 28.9 Å². The predicted octanol–water partition coefficient (Wildman–Crippen LogP) is 4.83. The minimum absolute atomic E-state index is 0.0332. The zero-order valence-corrected chi connectivity index (χ0v) is 19.7. The molecule has 0 aliphatic rings. The van der Waals surface area contributed by atoms with E-state index in [9.17, 15) is 9.18 Å². The van der Waals surface area contributed by atoms with E-state index in [1.165, 1.54) is 6.20 Å². The topological polar surface area (TPSA) is 96.2 Å². The standard InChI is InChI=1S/C21H28FN7O.C2H6/c1-5-14(4)26-17-10-19(27-18-7-9-29-20(28-18)6-8-25-29)23-11-15(17)21(30)24-12-16(22)13(2)3;1-2/h6-11,13-14,16H,5,12H2,1-4H3,(H,24,30)(H2,23,26,27,28);1-2H3. The van der Waals surface area contributed by atoms with Crippen LogP contribution in [0.1, 0.15) is 58.3 Å². The van der Waals surface area contributed by atoms with Crippen LogP contribution in [0.2, 0.25) is 0 Å². The van der Waals surface area contributed by atoms with Crippen molar-refractivity contribution in [2.24, 2.45) is 5.92 Å². The highest BCUT2D eigenvalue weighted by Crippen LogP contribution is 2.22. The third-order valence-corrected chi connectivity index (χ3v) is 4.86.